The quantitative estimate of drug-likeness (QED) is 0.399. The molecule has 2 heterocycles. The molecule has 0 fully saturated rings. The lowest BCUT2D eigenvalue weighted by Crippen LogP contribution is -2.25. The van der Waals surface area contributed by atoms with Crippen LogP contribution >= 0.6 is 23.1 Å². The van der Waals surface area contributed by atoms with Gasteiger partial charge in [0.05, 0.1) is 0 Å². The van der Waals surface area contributed by atoms with Gasteiger partial charge in [0, 0.05) is 52.6 Å². The van der Waals surface area contributed by atoms with Gasteiger partial charge in [-0.1, -0.05) is 6.07 Å². The number of amides is 2. The Kier molecular flexibility index (Phi) is 7.63. The fourth-order valence-corrected chi connectivity index (χ4v) is 3.92. The van der Waals surface area contributed by atoms with Gasteiger partial charge in [-0.2, -0.15) is 11.3 Å². The van der Waals surface area contributed by atoms with Crippen LogP contribution in [0.3, 0.4) is 0 Å². The topological polar surface area (TPSA) is 71.1 Å². The zero-order valence-electron chi connectivity index (χ0n) is 15.3. The van der Waals surface area contributed by atoms with E-state index in [9.17, 15) is 9.59 Å². The molecule has 2 amide bonds. The number of carbonyl (C=O) groups is 2. The van der Waals surface area contributed by atoms with Crippen molar-refractivity contribution in [2.24, 2.45) is 0 Å². The summed E-state index contributed by atoms with van der Waals surface area (Å²) in [5.41, 5.74) is 2.62. The number of aromatic nitrogens is 1. The van der Waals surface area contributed by atoms with Crippen LogP contribution in [-0.2, 0) is 10.5 Å². The van der Waals surface area contributed by atoms with Crippen molar-refractivity contribution in [2.45, 2.75) is 23.5 Å². The first kappa shape index (κ1) is 20.1. The van der Waals surface area contributed by atoms with Gasteiger partial charge in [-0.25, -0.2) is 0 Å². The molecule has 3 aromatic rings. The smallest absolute Gasteiger partial charge is 0.252 e. The highest BCUT2D eigenvalue weighted by Crippen LogP contribution is 2.24. The number of anilines is 1. The van der Waals surface area contributed by atoms with Gasteiger partial charge in [0.1, 0.15) is 0 Å². The largest absolute Gasteiger partial charge is 0.352 e. The molecule has 0 spiro atoms. The van der Waals surface area contributed by atoms with E-state index in [2.05, 4.69) is 21.7 Å². The van der Waals surface area contributed by atoms with Crippen LogP contribution in [0.1, 0.15) is 28.8 Å². The van der Waals surface area contributed by atoms with Crippen molar-refractivity contribution in [1.82, 2.24) is 10.3 Å². The maximum absolute atomic E-state index is 12.0. The Morgan fingerprint density at radius 3 is 2.68 bits per heavy atom. The van der Waals surface area contributed by atoms with E-state index in [0.29, 0.717) is 24.9 Å². The number of rotatable bonds is 9. The standard InChI is InChI=1S/C21H21N3O2S2/c25-20(4-2-11-23-21(26)17-9-12-27-15-17)24-18-5-7-19(8-6-18)28-14-16-3-1-10-22-13-16/h1,3,5-10,12-13,15H,2,4,11,14H2,(H,23,26)(H,24,25). The van der Waals surface area contributed by atoms with Gasteiger partial charge in [0.2, 0.25) is 5.91 Å². The molecular formula is C21H21N3O2S2. The van der Waals surface area contributed by atoms with Crippen molar-refractivity contribution < 1.29 is 9.59 Å². The molecule has 0 unspecified atom stereocenters. The van der Waals surface area contributed by atoms with Crippen molar-refractivity contribution >= 4 is 40.6 Å². The van der Waals surface area contributed by atoms with Crippen LogP contribution in [0.2, 0.25) is 0 Å². The average Bonchev–Trinajstić information content (AvgIpc) is 3.26. The normalized spacial score (nSPS) is 10.4. The van der Waals surface area contributed by atoms with E-state index in [1.54, 1.807) is 29.4 Å². The summed E-state index contributed by atoms with van der Waals surface area (Å²) in [5.74, 6) is 0.706. The van der Waals surface area contributed by atoms with E-state index in [4.69, 9.17) is 0 Å². The molecule has 7 heteroatoms. The number of nitrogens with one attached hydrogen (secondary N) is 2. The van der Waals surface area contributed by atoms with E-state index in [1.807, 2.05) is 41.9 Å². The van der Waals surface area contributed by atoms with Gasteiger partial charge in [0.25, 0.3) is 5.91 Å². The van der Waals surface area contributed by atoms with E-state index in [0.717, 1.165) is 16.3 Å². The Bertz CT molecular complexity index is 882. The first-order valence-corrected chi connectivity index (χ1v) is 10.9. The molecule has 1 aromatic carbocycles. The molecule has 144 valence electrons. The molecule has 0 saturated carbocycles. The third kappa shape index (κ3) is 6.51. The summed E-state index contributed by atoms with van der Waals surface area (Å²) in [5, 5.41) is 9.38. The van der Waals surface area contributed by atoms with Gasteiger partial charge in [0.15, 0.2) is 0 Å². The Balaban J connectivity index is 1.35. The minimum atomic E-state index is -0.0963. The molecule has 5 nitrogen and oxygen atoms in total. The van der Waals surface area contributed by atoms with Crippen molar-refractivity contribution in [1.29, 1.82) is 0 Å². The Morgan fingerprint density at radius 2 is 1.96 bits per heavy atom. The number of benzene rings is 1. The van der Waals surface area contributed by atoms with Gasteiger partial charge in [-0.15, -0.1) is 11.8 Å². The van der Waals surface area contributed by atoms with Crippen LogP contribution < -0.4 is 10.6 Å². The molecule has 0 atom stereocenters. The molecule has 0 aliphatic carbocycles. The van der Waals surface area contributed by atoms with Crippen LogP contribution in [0.15, 0.2) is 70.5 Å². The Morgan fingerprint density at radius 1 is 1.11 bits per heavy atom. The van der Waals surface area contributed by atoms with Crippen molar-refractivity contribution in [3.8, 4) is 0 Å². The first-order valence-electron chi connectivity index (χ1n) is 8.93. The van der Waals surface area contributed by atoms with Crippen molar-refractivity contribution in [3.63, 3.8) is 0 Å². The first-order chi connectivity index (χ1) is 13.7. The summed E-state index contributed by atoms with van der Waals surface area (Å²) in [6.07, 6.45) is 4.59. The highest BCUT2D eigenvalue weighted by Gasteiger charge is 2.06. The van der Waals surface area contributed by atoms with Crippen LogP contribution in [-0.4, -0.2) is 23.3 Å². The average molecular weight is 412 g/mol. The van der Waals surface area contributed by atoms with E-state index >= 15 is 0 Å². The zero-order valence-corrected chi connectivity index (χ0v) is 16.9. The molecule has 2 N–H and O–H groups in total. The van der Waals surface area contributed by atoms with Crippen LogP contribution in [0, 0.1) is 0 Å². The van der Waals surface area contributed by atoms with Gasteiger partial charge < -0.3 is 10.6 Å². The zero-order chi connectivity index (χ0) is 19.6. The fourth-order valence-electron chi connectivity index (χ4n) is 2.45. The maximum atomic E-state index is 12.0. The van der Waals surface area contributed by atoms with Crippen LogP contribution in [0.4, 0.5) is 5.69 Å². The molecule has 0 radical (unpaired) electrons. The molecule has 3 rings (SSSR count). The number of thioether (sulfide) groups is 1. The Hall–Kier alpha value is -2.64. The summed E-state index contributed by atoms with van der Waals surface area (Å²) in [6.45, 7) is 0.478. The highest BCUT2D eigenvalue weighted by molar-refractivity contribution is 7.98. The lowest BCUT2D eigenvalue weighted by atomic mass is 10.2. The molecule has 28 heavy (non-hydrogen) atoms. The lowest BCUT2D eigenvalue weighted by molar-refractivity contribution is -0.116. The van der Waals surface area contributed by atoms with Gasteiger partial charge in [-0.3, -0.25) is 14.6 Å². The number of hydrogen-bond acceptors (Lipinski definition) is 5. The van der Waals surface area contributed by atoms with Gasteiger partial charge in [-0.05, 0) is 53.8 Å². The number of carbonyl (C=O) groups excluding carboxylic acids is 2. The molecular weight excluding hydrogens is 390 g/mol. The summed E-state index contributed by atoms with van der Waals surface area (Å²) in [7, 11) is 0. The SMILES string of the molecule is O=C(CCCNC(=O)c1ccsc1)Nc1ccc(SCc2cccnc2)cc1. The molecule has 0 aliphatic rings. The maximum Gasteiger partial charge on any atom is 0.252 e. The second kappa shape index (κ2) is 10.6. The third-order valence-corrected chi connectivity index (χ3v) is 5.68. The number of hydrogen-bond donors (Lipinski definition) is 2. The summed E-state index contributed by atoms with van der Waals surface area (Å²) in [4.78, 5) is 29.1. The Labute approximate surface area is 172 Å². The molecule has 0 aliphatic heterocycles. The monoisotopic (exact) mass is 411 g/mol. The third-order valence-electron chi connectivity index (χ3n) is 3.92. The number of nitrogens with zero attached hydrogens (tertiary/aromatic N) is 1. The second-order valence-corrected chi connectivity index (χ2v) is 7.92. The molecule has 2 aromatic heterocycles. The van der Waals surface area contributed by atoms with Crippen LogP contribution in [0.25, 0.3) is 0 Å². The number of pyridine rings is 1. The minimum absolute atomic E-state index is 0.0551. The number of thiophene rings is 1. The highest BCUT2D eigenvalue weighted by atomic mass is 32.2. The van der Waals surface area contributed by atoms with E-state index < -0.39 is 0 Å². The van der Waals surface area contributed by atoms with Crippen molar-refractivity contribution in [3.05, 3.63) is 76.7 Å². The predicted molar refractivity (Wildman–Crippen MR) is 115 cm³/mol. The summed E-state index contributed by atoms with van der Waals surface area (Å²) >= 11 is 3.21. The lowest BCUT2D eigenvalue weighted by Gasteiger charge is -2.07. The summed E-state index contributed by atoms with van der Waals surface area (Å²) in [6, 6.07) is 13.6. The molecule has 0 bridgehead atoms. The fraction of sp³-hybridized carbons (Fsp3) is 0.190. The summed E-state index contributed by atoms with van der Waals surface area (Å²) < 4.78 is 0. The predicted octanol–water partition coefficient (Wildman–Crippen LogP) is 4.58. The second-order valence-electron chi connectivity index (χ2n) is 6.09. The van der Waals surface area contributed by atoms with Crippen LogP contribution in [0.5, 0.6) is 0 Å². The minimum Gasteiger partial charge on any atom is -0.352 e. The van der Waals surface area contributed by atoms with E-state index in [-0.39, 0.29) is 11.8 Å². The van der Waals surface area contributed by atoms with Crippen molar-refractivity contribution in [2.75, 3.05) is 11.9 Å². The molecule has 0 saturated heterocycles. The van der Waals surface area contributed by atoms with Gasteiger partial charge >= 0.3 is 0 Å². The van der Waals surface area contributed by atoms with E-state index in [1.165, 1.54) is 16.9 Å².